The summed E-state index contributed by atoms with van der Waals surface area (Å²) in [6, 6.07) is 0.507. The Morgan fingerprint density at radius 1 is 1.47 bits per heavy atom. The zero-order valence-electron chi connectivity index (χ0n) is 9.34. The molecule has 1 heterocycles. The first kappa shape index (κ1) is 12.4. The summed E-state index contributed by atoms with van der Waals surface area (Å²) < 4.78 is 5.24. The molecule has 0 aromatic carbocycles. The number of nitrogens with one attached hydrogen (secondary N) is 3. The Morgan fingerprint density at radius 2 is 2.33 bits per heavy atom. The molecule has 0 aromatic heterocycles. The van der Waals surface area contributed by atoms with E-state index in [2.05, 4.69) is 16.0 Å². The van der Waals surface area contributed by atoms with Crippen molar-refractivity contribution < 1.29 is 9.53 Å². The fraction of sp³-hybridized carbons (Fsp3) is 0.900. The van der Waals surface area contributed by atoms with E-state index in [0.29, 0.717) is 6.04 Å². The molecule has 1 unspecified atom stereocenters. The van der Waals surface area contributed by atoms with Crippen molar-refractivity contribution in [2.24, 2.45) is 0 Å². The van der Waals surface area contributed by atoms with Gasteiger partial charge in [-0.3, -0.25) is 10.1 Å². The second-order valence-electron chi connectivity index (χ2n) is 3.78. The van der Waals surface area contributed by atoms with E-state index in [0.717, 1.165) is 45.8 Å². The molecule has 1 saturated heterocycles. The summed E-state index contributed by atoms with van der Waals surface area (Å²) in [7, 11) is 0. The maximum absolute atomic E-state index is 10.5. The minimum Gasteiger partial charge on any atom is -0.380 e. The van der Waals surface area contributed by atoms with Gasteiger partial charge in [0.1, 0.15) is 0 Å². The highest BCUT2D eigenvalue weighted by Gasteiger charge is 2.13. The molecule has 0 aliphatic carbocycles. The van der Waals surface area contributed by atoms with Gasteiger partial charge in [-0.25, -0.2) is 0 Å². The molecule has 0 spiro atoms. The van der Waals surface area contributed by atoms with Crippen molar-refractivity contribution in [2.75, 3.05) is 33.0 Å². The molecule has 1 atom stereocenters. The van der Waals surface area contributed by atoms with Crippen LogP contribution in [0.25, 0.3) is 0 Å². The standard InChI is InChI=1S/C10H21N3O2/c1-9(14)12-5-2-4-11-8-13-10-3-6-15-7-10/h10-11,13H,2-8H2,1H3,(H,12,14). The first-order chi connectivity index (χ1) is 7.29. The third-order valence-electron chi connectivity index (χ3n) is 2.35. The quantitative estimate of drug-likeness (QED) is 0.393. The molecule has 1 rings (SSSR count). The Labute approximate surface area is 90.9 Å². The Morgan fingerprint density at radius 3 is 3.00 bits per heavy atom. The van der Waals surface area contributed by atoms with Gasteiger partial charge in [0.25, 0.3) is 0 Å². The zero-order chi connectivity index (χ0) is 10.9. The summed E-state index contributed by atoms with van der Waals surface area (Å²) in [5, 5.41) is 9.38. The van der Waals surface area contributed by atoms with Gasteiger partial charge < -0.3 is 15.4 Å². The van der Waals surface area contributed by atoms with Crippen LogP contribution in [-0.4, -0.2) is 44.9 Å². The topological polar surface area (TPSA) is 62.4 Å². The van der Waals surface area contributed by atoms with Gasteiger partial charge in [0, 0.05) is 32.8 Å². The van der Waals surface area contributed by atoms with Crippen LogP contribution in [0.3, 0.4) is 0 Å². The number of hydrogen-bond donors (Lipinski definition) is 3. The zero-order valence-corrected chi connectivity index (χ0v) is 9.34. The van der Waals surface area contributed by atoms with E-state index in [-0.39, 0.29) is 5.91 Å². The van der Waals surface area contributed by atoms with Crippen LogP contribution >= 0.6 is 0 Å². The average Bonchev–Trinajstić information content (AvgIpc) is 2.68. The number of carbonyl (C=O) groups excluding carboxylic acids is 1. The number of carbonyl (C=O) groups is 1. The predicted octanol–water partition coefficient (Wildman–Crippen LogP) is -0.562. The Balaban J connectivity index is 1.78. The SMILES string of the molecule is CC(=O)NCCCNCNC1CCOC1. The highest BCUT2D eigenvalue weighted by Crippen LogP contribution is 2.01. The Bertz CT molecular complexity index is 182. The summed E-state index contributed by atoms with van der Waals surface area (Å²) in [6.45, 7) is 5.71. The summed E-state index contributed by atoms with van der Waals surface area (Å²) in [6.07, 6.45) is 2.07. The van der Waals surface area contributed by atoms with E-state index < -0.39 is 0 Å². The molecular formula is C10H21N3O2. The van der Waals surface area contributed by atoms with Crippen LogP contribution < -0.4 is 16.0 Å². The van der Waals surface area contributed by atoms with Crippen molar-refractivity contribution in [3.63, 3.8) is 0 Å². The molecule has 1 aliphatic rings. The van der Waals surface area contributed by atoms with Gasteiger partial charge in [0.05, 0.1) is 6.61 Å². The molecule has 0 aromatic rings. The molecule has 0 radical (unpaired) electrons. The third-order valence-corrected chi connectivity index (χ3v) is 2.35. The second kappa shape index (κ2) is 7.62. The maximum Gasteiger partial charge on any atom is 0.216 e. The normalized spacial score (nSPS) is 20.5. The van der Waals surface area contributed by atoms with Crippen LogP contribution in [0.1, 0.15) is 19.8 Å². The lowest BCUT2D eigenvalue weighted by atomic mass is 10.3. The lowest BCUT2D eigenvalue weighted by molar-refractivity contribution is -0.118. The van der Waals surface area contributed by atoms with E-state index in [1.165, 1.54) is 6.92 Å². The monoisotopic (exact) mass is 215 g/mol. The van der Waals surface area contributed by atoms with Crippen LogP contribution in [0.5, 0.6) is 0 Å². The number of ether oxygens (including phenoxy) is 1. The van der Waals surface area contributed by atoms with Crippen molar-refractivity contribution in [3.8, 4) is 0 Å². The lowest BCUT2D eigenvalue weighted by Gasteiger charge is -2.11. The maximum atomic E-state index is 10.5. The Hall–Kier alpha value is -0.650. The summed E-state index contributed by atoms with van der Waals surface area (Å²) in [5.41, 5.74) is 0. The molecule has 1 fully saturated rings. The van der Waals surface area contributed by atoms with Crippen LogP contribution in [0.15, 0.2) is 0 Å². The van der Waals surface area contributed by atoms with Gasteiger partial charge in [-0.2, -0.15) is 0 Å². The lowest BCUT2D eigenvalue weighted by Crippen LogP contribution is -2.38. The van der Waals surface area contributed by atoms with E-state index >= 15 is 0 Å². The average molecular weight is 215 g/mol. The van der Waals surface area contributed by atoms with Crippen molar-refractivity contribution >= 4 is 5.91 Å². The van der Waals surface area contributed by atoms with Crippen LogP contribution in [0.2, 0.25) is 0 Å². The molecule has 88 valence electrons. The van der Waals surface area contributed by atoms with Gasteiger partial charge in [0.15, 0.2) is 0 Å². The van der Waals surface area contributed by atoms with E-state index in [4.69, 9.17) is 4.74 Å². The molecule has 15 heavy (non-hydrogen) atoms. The van der Waals surface area contributed by atoms with Gasteiger partial charge >= 0.3 is 0 Å². The number of hydrogen-bond acceptors (Lipinski definition) is 4. The highest BCUT2D eigenvalue weighted by molar-refractivity contribution is 5.72. The van der Waals surface area contributed by atoms with E-state index in [1.54, 1.807) is 0 Å². The summed E-state index contributed by atoms with van der Waals surface area (Å²) >= 11 is 0. The summed E-state index contributed by atoms with van der Waals surface area (Å²) in [5.74, 6) is 0.0382. The first-order valence-corrected chi connectivity index (χ1v) is 5.55. The third kappa shape index (κ3) is 6.43. The predicted molar refractivity (Wildman–Crippen MR) is 58.5 cm³/mol. The Kier molecular flexibility index (Phi) is 6.31. The highest BCUT2D eigenvalue weighted by atomic mass is 16.5. The van der Waals surface area contributed by atoms with Gasteiger partial charge in [-0.1, -0.05) is 0 Å². The van der Waals surface area contributed by atoms with Crippen LogP contribution in [0.4, 0.5) is 0 Å². The van der Waals surface area contributed by atoms with Crippen LogP contribution in [-0.2, 0) is 9.53 Å². The largest absolute Gasteiger partial charge is 0.380 e. The molecule has 1 aliphatic heterocycles. The van der Waals surface area contributed by atoms with Gasteiger partial charge in [-0.15, -0.1) is 0 Å². The molecular weight excluding hydrogens is 194 g/mol. The van der Waals surface area contributed by atoms with Crippen molar-refractivity contribution in [2.45, 2.75) is 25.8 Å². The molecule has 0 bridgehead atoms. The minimum absolute atomic E-state index is 0.0382. The second-order valence-corrected chi connectivity index (χ2v) is 3.78. The smallest absolute Gasteiger partial charge is 0.216 e. The van der Waals surface area contributed by atoms with E-state index in [9.17, 15) is 4.79 Å². The van der Waals surface area contributed by atoms with E-state index in [1.807, 2.05) is 0 Å². The molecule has 5 nitrogen and oxygen atoms in total. The molecule has 3 N–H and O–H groups in total. The first-order valence-electron chi connectivity index (χ1n) is 5.55. The number of amides is 1. The summed E-state index contributed by atoms with van der Waals surface area (Å²) in [4.78, 5) is 10.5. The van der Waals surface area contributed by atoms with Gasteiger partial charge in [0.2, 0.25) is 5.91 Å². The van der Waals surface area contributed by atoms with Gasteiger partial charge in [-0.05, 0) is 19.4 Å². The molecule has 1 amide bonds. The van der Waals surface area contributed by atoms with Crippen molar-refractivity contribution in [3.05, 3.63) is 0 Å². The minimum atomic E-state index is 0.0382. The number of rotatable bonds is 7. The van der Waals surface area contributed by atoms with Crippen molar-refractivity contribution in [1.29, 1.82) is 0 Å². The molecule has 0 saturated carbocycles. The molecule has 5 heteroatoms. The van der Waals surface area contributed by atoms with Crippen molar-refractivity contribution in [1.82, 2.24) is 16.0 Å². The fourth-order valence-electron chi connectivity index (χ4n) is 1.48. The fourth-order valence-corrected chi connectivity index (χ4v) is 1.48. The van der Waals surface area contributed by atoms with Crippen LogP contribution in [0, 0.1) is 0 Å².